The van der Waals surface area contributed by atoms with Crippen molar-refractivity contribution in [3.05, 3.63) is 29.8 Å². The first kappa shape index (κ1) is 12.7. The van der Waals surface area contributed by atoms with Crippen LogP contribution >= 0.6 is 11.8 Å². The standard InChI is InChI=1S/C14H14N4O2S/c1-19-10-4-3-8-5-9-7-18-13(20-2)16-17-14(18)21-12(9)15-11(8)6-10/h3-6,13,16H,7H2,1-2H3. The van der Waals surface area contributed by atoms with Crippen LogP contribution in [0, 0.1) is 0 Å². The number of amidine groups is 1. The van der Waals surface area contributed by atoms with Gasteiger partial charge in [0.1, 0.15) is 10.8 Å². The van der Waals surface area contributed by atoms with E-state index in [1.54, 1.807) is 26.0 Å². The summed E-state index contributed by atoms with van der Waals surface area (Å²) in [7, 11) is 3.33. The molecule has 0 bridgehead atoms. The third-order valence-electron chi connectivity index (χ3n) is 3.62. The molecule has 7 heteroatoms. The Morgan fingerprint density at radius 2 is 2.24 bits per heavy atom. The summed E-state index contributed by atoms with van der Waals surface area (Å²) in [5, 5.41) is 7.28. The van der Waals surface area contributed by atoms with E-state index in [1.165, 1.54) is 5.56 Å². The van der Waals surface area contributed by atoms with Crippen LogP contribution in [-0.4, -0.2) is 35.6 Å². The number of nitrogens with one attached hydrogen (secondary N) is 1. The normalized spacial score (nSPS) is 19.8. The van der Waals surface area contributed by atoms with E-state index in [0.717, 1.165) is 33.4 Å². The van der Waals surface area contributed by atoms with E-state index in [1.807, 2.05) is 18.2 Å². The lowest BCUT2D eigenvalue weighted by Gasteiger charge is -2.29. The van der Waals surface area contributed by atoms with E-state index in [4.69, 9.17) is 14.5 Å². The Hall–Kier alpha value is -1.99. The molecule has 1 N–H and O–H groups in total. The van der Waals surface area contributed by atoms with Gasteiger partial charge in [-0.25, -0.2) is 4.98 Å². The highest BCUT2D eigenvalue weighted by Crippen LogP contribution is 2.35. The van der Waals surface area contributed by atoms with Crippen LogP contribution in [0.5, 0.6) is 5.75 Å². The number of rotatable bonds is 2. The van der Waals surface area contributed by atoms with Crippen molar-refractivity contribution in [2.24, 2.45) is 5.10 Å². The Kier molecular flexibility index (Phi) is 2.90. The largest absolute Gasteiger partial charge is 0.497 e. The summed E-state index contributed by atoms with van der Waals surface area (Å²) < 4.78 is 10.6. The van der Waals surface area contributed by atoms with E-state index in [9.17, 15) is 0 Å². The predicted molar refractivity (Wildman–Crippen MR) is 81.1 cm³/mol. The summed E-state index contributed by atoms with van der Waals surface area (Å²) in [5.74, 6) is 0.816. The second-order valence-corrected chi connectivity index (χ2v) is 5.81. The smallest absolute Gasteiger partial charge is 0.224 e. The van der Waals surface area contributed by atoms with Gasteiger partial charge in [-0.1, -0.05) is 0 Å². The average Bonchev–Trinajstić information content (AvgIpc) is 2.91. The zero-order chi connectivity index (χ0) is 14.4. The Morgan fingerprint density at radius 3 is 3.05 bits per heavy atom. The van der Waals surface area contributed by atoms with Crippen LogP contribution in [0.2, 0.25) is 0 Å². The monoisotopic (exact) mass is 302 g/mol. The maximum absolute atomic E-state index is 5.36. The summed E-state index contributed by atoms with van der Waals surface area (Å²) in [4.78, 5) is 6.83. The van der Waals surface area contributed by atoms with Crippen molar-refractivity contribution < 1.29 is 9.47 Å². The molecule has 1 aromatic carbocycles. The Morgan fingerprint density at radius 1 is 1.33 bits per heavy atom. The van der Waals surface area contributed by atoms with Gasteiger partial charge < -0.3 is 14.4 Å². The quantitative estimate of drug-likeness (QED) is 0.915. The minimum atomic E-state index is -0.202. The van der Waals surface area contributed by atoms with Crippen LogP contribution in [0.25, 0.3) is 10.9 Å². The molecule has 0 fully saturated rings. The fraction of sp³-hybridized carbons (Fsp3) is 0.286. The van der Waals surface area contributed by atoms with Gasteiger partial charge in [0.05, 0.1) is 19.2 Å². The molecule has 4 rings (SSSR count). The molecule has 0 saturated heterocycles. The van der Waals surface area contributed by atoms with Crippen molar-refractivity contribution in [2.75, 3.05) is 14.2 Å². The van der Waals surface area contributed by atoms with Gasteiger partial charge in [-0.05, 0) is 30.0 Å². The number of fused-ring (bicyclic) bond motifs is 3. The van der Waals surface area contributed by atoms with E-state index in [0.29, 0.717) is 0 Å². The zero-order valence-corrected chi connectivity index (χ0v) is 12.5. The van der Waals surface area contributed by atoms with Crippen molar-refractivity contribution in [3.63, 3.8) is 0 Å². The van der Waals surface area contributed by atoms with E-state index in [2.05, 4.69) is 21.5 Å². The molecule has 0 saturated carbocycles. The Balaban J connectivity index is 1.78. The number of nitrogens with zero attached hydrogens (tertiary/aromatic N) is 3. The molecular weight excluding hydrogens is 288 g/mol. The van der Waals surface area contributed by atoms with Crippen LogP contribution in [0.15, 0.2) is 34.4 Å². The van der Waals surface area contributed by atoms with Crippen LogP contribution in [-0.2, 0) is 11.3 Å². The molecule has 0 amide bonds. The highest BCUT2D eigenvalue weighted by molar-refractivity contribution is 8.13. The number of hydrazone groups is 1. The van der Waals surface area contributed by atoms with Gasteiger partial charge in [0.15, 0.2) is 5.17 Å². The topological polar surface area (TPSA) is 59.0 Å². The summed E-state index contributed by atoms with van der Waals surface area (Å²) >= 11 is 1.56. The zero-order valence-electron chi connectivity index (χ0n) is 11.7. The van der Waals surface area contributed by atoms with E-state index < -0.39 is 0 Å². The van der Waals surface area contributed by atoms with E-state index in [-0.39, 0.29) is 6.35 Å². The van der Waals surface area contributed by atoms with E-state index >= 15 is 0 Å². The molecule has 6 nitrogen and oxygen atoms in total. The van der Waals surface area contributed by atoms with Crippen molar-refractivity contribution in [2.45, 2.75) is 17.9 Å². The van der Waals surface area contributed by atoms with Crippen LogP contribution < -0.4 is 10.2 Å². The number of thioether (sulfide) groups is 1. The summed E-state index contributed by atoms with van der Waals surface area (Å²) in [5.41, 5.74) is 5.08. The first-order chi connectivity index (χ1) is 10.3. The molecule has 0 aliphatic carbocycles. The highest BCUT2D eigenvalue weighted by Gasteiger charge is 2.33. The molecule has 2 aliphatic heterocycles. The first-order valence-electron chi connectivity index (χ1n) is 6.56. The fourth-order valence-corrected chi connectivity index (χ4v) is 3.48. The maximum Gasteiger partial charge on any atom is 0.224 e. The number of benzene rings is 1. The summed E-state index contributed by atoms with van der Waals surface area (Å²) in [6.45, 7) is 0.738. The van der Waals surface area contributed by atoms with Gasteiger partial charge in [-0.3, -0.25) is 5.43 Å². The summed E-state index contributed by atoms with van der Waals surface area (Å²) in [6, 6.07) is 8.11. The lowest BCUT2D eigenvalue weighted by atomic mass is 10.1. The summed E-state index contributed by atoms with van der Waals surface area (Å²) in [6.07, 6.45) is -0.202. The third kappa shape index (κ3) is 2.00. The van der Waals surface area contributed by atoms with Crippen molar-refractivity contribution in [3.8, 4) is 5.75 Å². The van der Waals surface area contributed by atoms with Crippen molar-refractivity contribution in [1.29, 1.82) is 0 Å². The number of ether oxygens (including phenoxy) is 2. The molecule has 108 valence electrons. The number of hydrogen-bond donors (Lipinski definition) is 1. The number of methoxy groups -OCH3 is 2. The van der Waals surface area contributed by atoms with Gasteiger partial charge in [-0.15, -0.1) is 0 Å². The van der Waals surface area contributed by atoms with Crippen LogP contribution in [0.4, 0.5) is 0 Å². The van der Waals surface area contributed by atoms with Crippen molar-refractivity contribution >= 4 is 27.8 Å². The van der Waals surface area contributed by atoms with Gasteiger partial charge in [-0.2, -0.15) is 5.10 Å². The molecule has 21 heavy (non-hydrogen) atoms. The lowest BCUT2D eigenvalue weighted by molar-refractivity contribution is -0.00660. The minimum absolute atomic E-state index is 0.202. The third-order valence-corrected chi connectivity index (χ3v) is 4.67. The van der Waals surface area contributed by atoms with Gasteiger partial charge >= 0.3 is 0 Å². The molecule has 3 heterocycles. The molecule has 2 aliphatic rings. The van der Waals surface area contributed by atoms with Gasteiger partial charge in [0, 0.05) is 24.1 Å². The maximum atomic E-state index is 5.36. The highest BCUT2D eigenvalue weighted by atomic mass is 32.2. The second-order valence-electron chi connectivity index (χ2n) is 4.85. The average molecular weight is 302 g/mol. The second kappa shape index (κ2) is 4.78. The van der Waals surface area contributed by atoms with Crippen LogP contribution in [0.3, 0.4) is 0 Å². The molecule has 1 aromatic heterocycles. The molecule has 1 unspecified atom stereocenters. The Bertz CT molecular complexity index is 749. The first-order valence-corrected chi connectivity index (χ1v) is 7.38. The van der Waals surface area contributed by atoms with Crippen molar-refractivity contribution in [1.82, 2.24) is 15.3 Å². The SMILES string of the molecule is COc1ccc2cc3c(nc2c1)SC1=NNC(OC)N1C3. The van der Waals surface area contributed by atoms with Gasteiger partial charge in [0.25, 0.3) is 0 Å². The molecular formula is C14H14N4O2S. The van der Waals surface area contributed by atoms with Crippen LogP contribution in [0.1, 0.15) is 5.56 Å². The number of aromatic nitrogens is 1. The molecule has 0 radical (unpaired) electrons. The minimum Gasteiger partial charge on any atom is -0.497 e. The Labute approximate surface area is 126 Å². The molecule has 1 atom stereocenters. The fourth-order valence-electron chi connectivity index (χ4n) is 2.53. The molecule has 2 aromatic rings. The van der Waals surface area contributed by atoms with Gasteiger partial charge in [0.2, 0.25) is 6.35 Å². The predicted octanol–water partition coefficient (Wildman–Crippen LogP) is 1.96. The number of pyridine rings is 1. The lowest BCUT2D eigenvalue weighted by Crippen LogP contribution is -2.41. The molecule has 0 spiro atoms. The number of hydrogen-bond acceptors (Lipinski definition) is 7.